The van der Waals surface area contributed by atoms with Crippen LogP contribution in [0.4, 0.5) is 5.69 Å². The van der Waals surface area contributed by atoms with Gasteiger partial charge in [0.2, 0.25) is 0 Å². The normalized spacial score (nSPS) is 11.2. The second-order valence-electron chi connectivity index (χ2n) is 6.83. The van der Waals surface area contributed by atoms with Gasteiger partial charge in [0, 0.05) is 5.69 Å². The molecule has 3 aromatic rings. The van der Waals surface area contributed by atoms with Gasteiger partial charge in [0.1, 0.15) is 23.0 Å². The van der Waals surface area contributed by atoms with E-state index in [0.29, 0.717) is 17.2 Å². The van der Waals surface area contributed by atoms with E-state index in [1.807, 2.05) is 30.3 Å². The molecule has 1 amide bonds. The third kappa shape index (κ3) is 7.05. The first-order valence-electron chi connectivity index (χ1n) is 10.1. The zero-order valence-electron chi connectivity index (χ0n) is 17.9. The number of para-hydroxylation sites is 1. The van der Waals surface area contributed by atoms with Crippen molar-refractivity contribution in [2.45, 2.75) is 19.4 Å². The molecule has 0 aromatic heterocycles. The average molecular weight is 435 g/mol. The summed E-state index contributed by atoms with van der Waals surface area (Å²) in [5.74, 6) is 1.75. The lowest BCUT2D eigenvalue weighted by Crippen LogP contribution is -2.30. The molecule has 0 aliphatic heterocycles. The highest BCUT2D eigenvalue weighted by Gasteiger charge is 2.18. The molecule has 0 heterocycles. The monoisotopic (exact) mass is 435 g/mol. The van der Waals surface area contributed by atoms with Crippen LogP contribution in [0.25, 0.3) is 0 Å². The van der Waals surface area contributed by atoms with Gasteiger partial charge in [-0.1, -0.05) is 18.2 Å². The Morgan fingerprint density at radius 2 is 1.41 bits per heavy atom. The predicted molar refractivity (Wildman–Crippen MR) is 120 cm³/mol. The van der Waals surface area contributed by atoms with Crippen molar-refractivity contribution in [1.29, 1.82) is 0 Å². The maximum absolute atomic E-state index is 12.3. The lowest BCUT2D eigenvalue weighted by Gasteiger charge is -2.14. The van der Waals surface area contributed by atoms with E-state index in [2.05, 4.69) is 5.32 Å². The van der Waals surface area contributed by atoms with E-state index in [0.717, 1.165) is 11.5 Å². The highest BCUT2D eigenvalue weighted by atomic mass is 16.6. The van der Waals surface area contributed by atoms with Gasteiger partial charge in [-0.2, -0.15) is 0 Å². The molecular formula is C25H25NO6. The van der Waals surface area contributed by atoms with E-state index in [-0.39, 0.29) is 13.0 Å². The van der Waals surface area contributed by atoms with Crippen molar-refractivity contribution in [2.75, 3.05) is 19.0 Å². The number of amides is 1. The summed E-state index contributed by atoms with van der Waals surface area (Å²) in [6, 6.07) is 23.3. The number of rotatable bonds is 10. The number of benzene rings is 3. The fourth-order valence-corrected chi connectivity index (χ4v) is 2.71. The first-order chi connectivity index (χ1) is 15.5. The number of nitrogens with one attached hydrogen (secondary N) is 1. The van der Waals surface area contributed by atoms with Gasteiger partial charge >= 0.3 is 5.97 Å². The molecule has 0 aliphatic rings. The first kappa shape index (κ1) is 22.7. The summed E-state index contributed by atoms with van der Waals surface area (Å²) in [4.78, 5) is 24.3. The average Bonchev–Trinajstić information content (AvgIpc) is 2.81. The lowest BCUT2D eigenvalue weighted by atomic mass is 10.2. The standard InChI is InChI=1S/C25H25NO6/c1-18(31-24(27)16-17-30-21-14-12-20(29-2)13-15-21)25(28)26-19-8-10-23(11-9-19)32-22-6-4-3-5-7-22/h3-15,18H,16-17H2,1-2H3,(H,26,28)/t18-/m0/s1. The SMILES string of the molecule is COc1ccc(OCCC(=O)O[C@@H](C)C(=O)Nc2ccc(Oc3ccccc3)cc2)cc1. The van der Waals surface area contributed by atoms with Gasteiger partial charge in [-0.3, -0.25) is 9.59 Å². The minimum absolute atomic E-state index is 0.0230. The Kier molecular flexibility index (Phi) is 8.09. The van der Waals surface area contributed by atoms with Crippen LogP contribution in [0.5, 0.6) is 23.0 Å². The topological polar surface area (TPSA) is 83.1 Å². The van der Waals surface area contributed by atoms with Crippen LogP contribution < -0.4 is 19.5 Å². The minimum Gasteiger partial charge on any atom is -0.497 e. The number of carbonyl (C=O) groups is 2. The molecule has 0 saturated carbocycles. The number of carbonyl (C=O) groups excluding carboxylic acids is 2. The van der Waals surface area contributed by atoms with Crippen LogP contribution in [0.1, 0.15) is 13.3 Å². The fourth-order valence-electron chi connectivity index (χ4n) is 2.71. The summed E-state index contributed by atoms with van der Waals surface area (Å²) >= 11 is 0. The third-order valence-electron chi connectivity index (χ3n) is 4.41. The van der Waals surface area contributed by atoms with Crippen molar-refractivity contribution < 1.29 is 28.5 Å². The van der Waals surface area contributed by atoms with Crippen LogP contribution in [0, 0.1) is 0 Å². The number of anilines is 1. The quantitative estimate of drug-likeness (QED) is 0.460. The molecule has 7 nitrogen and oxygen atoms in total. The van der Waals surface area contributed by atoms with Crippen LogP contribution in [0.2, 0.25) is 0 Å². The molecule has 1 atom stereocenters. The molecule has 7 heteroatoms. The van der Waals surface area contributed by atoms with Gasteiger partial charge in [0.25, 0.3) is 5.91 Å². The van der Waals surface area contributed by atoms with Crippen molar-refractivity contribution in [3.05, 3.63) is 78.9 Å². The Balaban J connectivity index is 1.40. The Labute approximate surface area is 186 Å². The Morgan fingerprint density at radius 3 is 2.06 bits per heavy atom. The van der Waals surface area contributed by atoms with E-state index in [1.165, 1.54) is 6.92 Å². The van der Waals surface area contributed by atoms with Crippen LogP contribution in [-0.4, -0.2) is 31.7 Å². The first-order valence-corrected chi connectivity index (χ1v) is 10.1. The smallest absolute Gasteiger partial charge is 0.310 e. The molecule has 3 rings (SSSR count). The summed E-state index contributed by atoms with van der Waals surface area (Å²) in [6.07, 6.45) is -0.918. The van der Waals surface area contributed by atoms with Gasteiger partial charge < -0.3 is 24.3 Å². The second kappa shape index (κ2) is 11.4. The van der Waals surface area contributed by atoms with Crippen molar-refractivity contribution in [3.63, 3.8) is 0 Å². The van der Waals surface area contributed by atoms with E-state index in [9.17, 15) is 9.59 Å². The second-order valence-corrected chi connectivity index (χ2v) is 6.83. The fraction of sp³-hybridized carbons (Fsp3) is 0.200. The molecule has 0 spiro atoms. The summed E-state index contributed by atoms with van der Waals surface area (Å²) in [6.45, 7) is 1.66. The van der Waals surface area contributed by atoms with E-state index in [1.54, 1.807) is 55.6 Å². The van der Waals surface area contributed by atoms with Crippen molar-refractivity contribution in [3.8, 4) is 23.0 Å². The zero-order chi connectivity index (χ0) is 22.8. The van der Waals surface area contributed by atoms with Gasteiger partial charge in [-0.05, 0) is 67.6 Å². The van der Waals surface area contributed by atoms with Gasteiger partial charge in [0.15, 0.2) is 6.10 Å². The van der Waals surface area contributed by atoms with Crippen molar-refractivity contribution in [2.24, 2.45) is 0 Å². The number of hydrogen-bond acceptors (Lipinski definition) is 6. The number of hydrogen-bond donors (Lipinski definition) is 1. The molecular weight excluding hydrogens is 410 g/mol. The molecule has 3 aromatic carbocycles. The maximum atomic E-state index is 12.3. The Hall–Kier alpha value is -4.00. The number of ether oxygens (including phenoxy) is 4. The van der Waals surface area contributed by atoms with Crippen molar-refractivity contribution >= 4 is 17.6 Å². The Morgan fingerprint density at radius 1 is 0.812 bits per heavy atom. The van der Waals surface area contributed by atoms with Crippen LogP contribution in [0.3, 0.4) is 0 Å². The summed E-state index contributed by atoms with van der Waals surface area (Å²) in [5.41, 5.74) is 0.571. The summed E-state index contributed by atoms with van der Waals surface area (Å²) in [5, 5.41) is 2.72. The predicted octanol–water partition coefficient (Wildman–Crippen LogP) is 4.83. The maximum Gasteiger partial charge on any atom is 0.310 e. The van der Waals surface area contributed by atoms with Crippen LogP contribution >= 0.6 is 0 Å². The molecule has 0 aliphatic carbocycles. The van der Waals surface area contributed by atoms with Gasteiger partial charge in [0.05, 0.1) is 20.1 Å². The lowest BCUT2D eigenvalue weighted by molar-refractivity contribution is -0.153. The molecule has 0 fully saturated rings. The van der Waals surface area contributed by atoms with Crippen LogP contribution in [-0.2, 0) is 14.3 Å². The number of esters is 1. The Bertz CT molecular complexity index is 1000. The third-order valence-corrected chi connectivity index (χ3v) is 4.41. The largest absolute Gasteiger partial charge is 0.497 e. The highest BCUT2D eigenvalue weighted by Crippen LogP contribution is 2.23. The van der Waals surface area contributed by atoms with Crippen LogP contribution in [0.15, 0.2) is 78.9 Å². The molecule has 166 valence electrons. The number of methoxy groups -OCH3 is 1. The van der Waals surface area contributed by atoms with E-state index < -0.39 is 18.0 Å². The van der Waals surface area contributed by atoms with Gasteiger partial charge in [-0.15, -0.1) is 0 Å². The zero-order valence-corrected chi connectivity index (χ0v) is 17.9. The molecule has 0 saturated heterocycles. The van der Waals surface area contributed by atoms with E-state index in [4.69, 9.17) is 18.9 Å². The minimum atomic E-state index is -0.941. The molecule has 0 bridgehead atoms. The molecule has 32 heavy (non-hydrogen) atoms. The van der Waals surface area contributed by atoms with Crippen molar-refractivity contribution in [1.82, 2.24) is 0 Å². The summed E-state index contributed by atoms with van der Waals surface area (Å²) in [7, 11) is 1.58. The molecule has 0 unspecified atom stereocenters. The van der Waals surface area contributed by atoms with E-state index >= 15 is 0 Å². The van der Waals surface area contributed by atoms with Gasteiger partial charge in [-0.25, -0.2) is 0 Å². The molecule has 0 radical (unpaired) electrons. The summed E-state index contributed by atoms with van der Waals surface area (Å²) < 4.78 is 21.5. The molecule has 1 N–H and O–H groups in total. The highest BCUT2D eigenvalue weighted by molar-refractivity contribution is 5.95.